The van der Waals surface area contributed by atoms with Crippen molar-refractivity contribution in [3.63, 3.8) is 0 Å². The molecule has 0 amide bonds. The largest absolute Gasteiger partial charge is 0.481 e. The third kappa shape index (κ3) is 5.79. The molecular formula is C26H31BrN4O5S. The lowest BCUT2D eigenvalue weighted by Crippen LogP contribution is -2.58. The number of nitrogens with zero attached hydrogens (tertiary/aromatic N) is 4. The number of hydrogen-bond donors (Lipinski definition) is 1. The number of aliphatic carboxylic acids is 1. The number of hydrogen-bond acceptors (Lipinski definition) is 9. The molecule has 9 nitrogen and oxygen atoms in total. The number of halogens is 1. The molecule has 2 saturated heterocycles. The summed E-state index contributed by atoms with van der Waals surface area (Å²) in [5.74, 6) is -0.837. The van der Waals surface area contributed by atoms with Crippen LogP contribution in [0.25, 0.3) is 0 Å². The second-order valence-electron chi connectivity index (χ2n) is 9.67. The summed E-state index contributed by atoms with van der Waals surface area (Å²) in [4.78, 5) is 38.2. The maximum Gasteiger partial charge on any atom is 0.322 e. The molecule has 37 heavy (non-hydrogen) atoms. The number of fused-ring (bicyclic) bond motifs is 2. The standard InChI is InChI=1S/C26H31BrN4O5S/c1-2-36-25(34)24-23(20-5-3-4-6-21(20)27)29-26(37-24)31-15-28-8-7-17(31)12-30-18-9-16(11-22(32)33)10-19(30)14-35-13-18/h3-7,15-16,18-19,23-24H,2,8-14H2,1H3,(H,32,33)/t16?,18-,19+,23-,24-/m1/s1. The number of rotatable bonds is 7. The number of carbonyl (C=O) groups excluding carboxylic acids is 1. The van der Waals surface area contributed by atoms with Crippen LogP contribution in [0.1, 0.15) is 37.8 Å². The predicted molar refractivity (Wildman–Crippen MR) is 146 cm³/mol. The molecule has 0 radical (unpaired) electrons. The van der Waals surface area contributed by atoms with Gasteiger partial charge in [0.25, 0.3) is 0 Å². The Bertz CT molecular complexity index is 1110. The quantitative estimate of drug-likeness (QED) is 0.479. The summed E-state index contributed by atoms with van der Waals surface area (Å²) in [6.07, 6.45) is 5.74. The Morgan fingerprint density at radius 1 is 1.24 bits per heavy atom. The zero-order valence-corrected chi connectivity index (χ0v) is 23.1. The van der Waals surface area contributed by atoms with Crippen LogP contribution >= 0.6 is 27.7 Å². The molecule has 4 aliphatic rings. The minimum absolute atomic E-state index is 0.177. The monoisotopic (exact) mass is 590 g/mol. The molecule has 1 unspecified atom stereocenters. The Labute approximate surface area is 229 Å². The smallest absolute Gasteiger partial charge is 0.322 e. The number of ether oxygens (including phenoxy) is 2. The van der Waals surface area contributed by atoms with E-state index < -0.39 is 11.2 Å². The van der Waals surface area contributed by atoms with Gasteiger partial charge in [0.2, 0.25) is 0 Å². The van der Waals surface area contributed by atoms with E-state index in [1.54, 1.807) is 6.34 Å². The number of piperidine rings is 1. The highest BCUT2D eigenvalue weighted by Gasteiger charge is 2.43. The van der Waals surface area contributed by atoms with Crippen molar-refractivity contribution in [1.29, 1.82) is 0 Å². The van der Waals surface area contributed by atoms with Crippen LogP contribution in [0, 0.1) is 5.92 Å². The molecule has 1 N–H and O–H groups in total. The summed E-state index contributed by atoms with van der Waals surface area (Å²) in [5.41, 5.74) is 2.00. The minimum Gasteiger partial charge on any atom is -0.481 e. The predicted octanol–water partition coefficient (Wildman–Crippen LogP) is 3.71. The van der Waals surface area contributed by atoms with Gasteiger partial charge in [-0.25, -0.2) is 0 Å². The van der Waals surface area contributed by atoms with Gasteiger partial charge in [0, 0.05) is 35.2 Å². The van der Waals surface area contributed by atoms with Crippen molar-refractivity contribution in [2.75, 3.05) is 32.9 Å². The molecule has 1 aromatic carbocycles. The summed E-state index contributed by atoms with van der Waals surface area (Å²) in [6, 6.07) is 7.80. The number of carbonyl (C=O) groups is 2. The third-order valence-electron chi connectivity index (χ3n) is 7.23. The van der Waals surface area contributed by atoms with Gasteiger partial charge in [-0.15, -0.1) is 0 Å². The van der Waals surface area contributed by atoms with Crippen LogP contribution in [0.2, 0.25) is 0 Å². The van der Waals surface area contributed by atoms with Crippen LogP contribution in [0.3, 0.4) is 0 Å². The van der Waals surface area contributed by atoms with Crippen LogP contribution in [0.4, 0.5) is 0 Å². The lowest BCUT2D eigenvalue weighted by atomic mass is 9.83. The van der Waals surface area contributed by atoms with Gasteiger partial charge in [0.15, 0.2) is 5.17 Å². The Hall–Kier alpha value is -2.21. The molecule has 5 rings (SSSR count). The summed E-state index contributed by atoms with van der Waals surface area (Å²) < 4.78 is 12.2. The number of thioether (sulfide) groups is 1. The van der Waals surface area contributed by atoms with Crippen molar-refractivity contribution in [3.05, 3.63) is 46.1 Å². The van der Waals surface area contributed by atoms with Crippen molar-refractivity contribution < 1.29 is 24.2 Å². The second-order valence-corrected chi connectivity index (χ2v) is 11.6. The van der Waals surface area contributed by atoms with Crippen molar-refractivity contribution in [2.45, 2.75) is 49.6 Å². The van der Waals surface area contributed by atoms with Crippen LogP contribution in [0.5, 0.6) is 0 Å². The molecule has 11 heteroatoms. The summed E-state index contributed by atoms with van der Waals surface area (Å²) in [6.45, 7) is 4.61. The molecule has 198 valence electrons. The lowest BCUT2D eigenvalue weighted by Gasteiger charge is -2.49. The summed E-state index contributed by atoms with van der Waals surface area (Å²) in [7, 11) is 0. The van der Waals surface area contributed by atoms with Crippen molar-refractivity contribution in [1.82, 2.24) is 9.80 Å². The first-order chi connectivity index (χ1) is 17.9. The van der Waals surface area contributed by atoms with Gasteiger partial charge in [-0.05, 0) is 43.4 Å². The van der Waals surface area contributed by atoms with E-state index in [9.17, 15) is 14.7 Å². The summed E-state index contributed by atoms with van der Waals surface area (Å²) >= 11 is 5.04. The highest BCUT2D eigenvalue weighted by Crippen LogP contribution is 2.43. The van der Waals surface area contributed by atoms with Gasteiger partial charge < -0.3 is 14.6 Å². The van der Waals surface area contributed by atoms with Crippen molar-refractivity contribution in [2.24, 2.45) is 15.9 Å². The van der Waals surface area contributed by atoms with Gasteiger partial charge in [-0.3, -0.25) is 29.4 Å². The number of amidine groups is 1. The number of carboxylic acids is 1. The van der Waals surface area contributed by atoms with E-state index in [4.69, 9.17) is 14.5 Å². The fourth-order valence-electron chi connectivity index (χ4n) is 5.60. The molecular weight excluding hydrogens is 560 g/mol. The van der Waals surface area contributed by atoms with Gasteiger partial charge in [0.05, 0.1) is 32.7 Å². The van der Waals surface area contributed by atoms with Gasteiger partial charge in [-0.1, -0.05) is 45.9 Å². The van der Waals surface area contributed by atoms with E-state index in [2.05, 4.69) is 31.9 Å². The van der Waals surface area contributed by atoms with Gasteiger partial charge in [-0.2, -0.15) is 0 Å². The summed E-state index contributed by atoms with van der Waals surface area (Å²) in [5, 5.41) is 9.52. The Kier molecular flexibility index (Phi) is 8.33. The van der Waals surface area contributed by atoms with E-state index in [1.165, 1.54) is 11.8 Å². The first-order valence-electron chi connectivity index (χ1n) is 12.6. The van der Waals surface area contributed by atoms with Crippen LogP contribution < -0.4 is 0 Å². The number of benzene rings is 1. The van der Waals surface area contributed by atoms with Crippen LogP contribution in [-0.4, -0.2) is 88.6 Å². The highest BCUT2D eigenvalue weighted by atomic mass is 79.9. The molecule has 2 fully saturated rings. The topological polar surface area (TPSA) is 104 Å². The number of morpholine rings is 1. The molecule has 1 aromatic rings. The van der Waals surface area contributed by atoms with E-state index in [0.717, 1.165) is 33.7 Å². The molecule has 4 heterocycles. The average Bonchev–Trinajstić information content (AvgIpc) is 3.30. The molecule has 4 aliphatic heterocycles. The first-order valence-corrected chi connectivity index (χ1v) is 14.3. The SMILES string of the molecule is CCOC(=O)[C@@H]1SC(N2C=NCC=C2CN2[C@@H]3COC[C@H]2CC(CC(=O)O)C3)=N[C@@H]1c1ccccc1Br. The maximum absolute atomic E-state index is 12.9. The van der Waals surface area contributed by atoms with Gasteiger partial charge >= 0.3 is 11.9 Å². The molecule has 0 spiro atoms. The lowest BCUT2D eigenvalue weighted by molar-refractivity contribution is -0.143. The number of aliphatic imine (C=N–C) groups is 2. The van der Waals surface area contributed by atoms with Crippen LogP contribution in [-0.2, 0) is 19.1 Å². The Morgan fingerprint density at radius 3 is 2.70 bits per heavy atom. The molecule has 0 saturated carbocycles. The van der Waals surface area contributed by atoms with Crippen molar-refractivity contribution >= 4 is 51.1 Å². The fraction of sp³-hybridized carbons (Fsp3) is 0.538. The highest BCUT2D eigenvalue weighted by molar-refractivity contribution is 9.10. The Morgan fingerprint density at radius 2 is 2.00 bits per heavy atom. The average molecular weight is 592 g/mol. The molecule has 0 aliphatic carbocycles. The normalized spacial score (nSPS) is 29.6. The molecule has 0 aromatic heterocycles. The third-order valence-corrected chi connectivity index (χ3v) is 9.17. The minimum atomic E-state index is -0.734. The molecule has 2 bridgehead atoms. The van der Waals surface area contributed by atoms with E-state index in [-0.39, 0.29) is 36.4 Å². The zero-order chi connectivity index (χ0) is 25.9. The van der Waals surface area contributed by atoms with Gasteiger partial charge in [0.1, 0.15) is 11.3 Å². The van der Waals surface area contributed by atoms with Crippen molar-refractivity contribution in [3.8, 4) is 0 Å². The fourth-order valence-corrected chi connectivity index (χ4v) is 7.30. The Balaban J connectivity index is 1.37. The van der Waals surface area contributed by atoms with Crippen LogP contribution in [0.15, 0.2) is 50.5 Å². The number of carboxylic acid groups (broad SMARTS) is 1. The molecule has 5 atom stereocenters. The second kappa shape index (κ2) is 11.7. The van der Waals surface area contributed by atoms with E-state index >= 15 is 0 Å². The maximum atomic E-state index is 12.9. The number of esters is 1. The zero-order valence-electron chi connectivity index (χ0n) is 20.7. The van der Waals surface area contributed by atoms with E-state index in [1.807, 2.05) is 36.1 Å². The first kappa shape index (κ1) is 26.4. The van der Waals surface area contributed by atoms with E-state index in [0.29, 0.717) is 32.9 Å².